The SMILES string of the molecule is CCNCc1ccnc(N2CCN(CC)CC2)c1. The number of pyridine rings is 1. The van der Waals surface area contributed by atoms with Crippen molar-refractivity contribution in [1.82, 2.24) is 15.2 Å². The quantitative estimate of drug-likeness (QED) is 0.852. The lowest BCUT2D eigenvalue weighted by Gasteiger charge is -2.34. The Bertz CT molecular complexity index is 359. The number of likely N-dealkylation sites (N-methyl/N-ethyl adjacent to an activating group) is 1. The van der Waals surface area contributed by atoms with Crippen LogP contribution >= 0.6 is 0 Å². The van der Waals surface area contributed by atoms with E-state index in [0.29, 0.717) is 0 Å². The normalized spacial score (nSPS) is 17.1. The molecule has 0 unspecified atom stereocenters. The van der Waals surface area contributed by atoms with Gasteiger partial charge >= 0.3 is 0 Å². The first-order valence-corrected chi connectivity index (χ1v) is 6.96. The van der Waals surface area contributed by atoms with Gasteiger partial charge in [-0.05, 0) is 30.8 Å². The lowest BCUT2D eigenvalue weighted by atomic mass is 10.2. The molecule has 1 aliphatic rings. The van der Waals surface area contributed by atoms with Crippen LogP contribution in [0.1, 0.15) is 19.4 Å². The largest absolute Gasteiger partial charge is 0.354 e. The molecule has 0 aliphatic carbocycles. The van der Waals surface area contributed by atoms with Gasteiger partial charge in [-0.15, -0.1) is 0 Å². The van der Waals surface area contributed by atoms with E-state index in [-0.39, 0.29) is 0 Å². The third-order valence-corrected chi connectivity index (χ3v) is 3.53. The molecule has 1 aromatic heterocycles. The highest BCUT2D eigenvalue weighted by molar-refractivity contribution is 5.41. The van der Waals surface area contributed by atoms with Crippen LogP contribution in [0.3, 0.4) is 0 Å². The summed E-state index contributed by atoms with van der Waals surface area (Å²) in [5, 5.41) is 3.36. The molecule has 0 atom stereocenters. The Morgan fingerprint density at radius 1 is 1.22 bits per heavy atom. The average molecular weight is 248 g/mol. The molecule has 2 rings (SSSR count). The van der Waals surface area contributed by atoms with Gasteiger partial charge < -0.3 is 15.1 Å². The number of anilines is 1. The molecule has 1 N–H and O–H groups in total. The van der Waals surface area contributed by atoms with E-state index in [1.54, 1.807) is 0 Å². The van der Waals surface area contributed by atoms with E-state index in [4.69, 9.17) is 0 Å². The first-order chi connectivity index (χ1) is 8.83. The van der Waals surface area contributed by atoms with E-state index in [1.165, 1.54) is 5.56 Å². The maximum atomic E-state index is 4.50. The number of nitrogens with zero attached hydrogens (tertiary/aromatic N) is 3. The molecule has 0 bridgehead atoms. The van der Waals surface area contributed by atoms with Gasteiger partial charge in [-0.1, -0.05) is 13.8 Å². The number of aromatic nitrogens is 1. The van der Waals surface area contributed by atoms with Crippen LogP contribution in [0.15, 0.2) is 18.3 Å². The Balaban J connectivity index is 1.96. The lowest BCUT2D eigenvalue weighted by Crippen LogP contribution is -2.46. The third-order valence-electron chi connectivity index (χ3n) is 3.53. The van der Waals surface area contributed by atoms with Crippen LogP contribution in [-0.4, -0.2) is 49.2 Å². The Kier molecular flexibility index (Phi) is 4.96. The van der Waals surface area contributed by atoms with Gasteiger partial charge in [0, 0.05) is 38.9 Å². The number of hydrogen-bond acceptors (Lipinski definition) is 4. The zero-order valence-corrected chi connectivity index (χ0v) is 11.5. The van der Waals surface area contributed by atoms with E-state index >= 15 is 0 Å². The maximum absolute atomic E-state index is 4.50. The van der Waals surface area contributed by atoms with E-state index in [2.05, 4.69) is 46.1 Å². The molecule has 1 saturated heterocycles. The molecule has 0 saturated carbocycles. The van der Waals surface area contributed by atoms with E-state index < -0.39 is 0 Å². The van der Waals surface area contributed by atoms with Crippen molar-refractivity contribution in [3.63, 3.8) is 0 Å². The number of piperazine rings is 1. The summed E-state index contributed by atoms with van der Waals surface area (Å²) in [6.45, 7) is 11.9. The Labute approximate surface area is 110 Å². The summed E-state index contributed by atoms with van der Waals surface area (Å²) in [6.07, 6.45) is 1.92. The van der Waals surface area contributed by atoms with E-state index in [0.717, 1.165) is 51.6 Å². The molecule has 4 heteroatoms. The van der Waals surface area contributed by atoms with Gasteiger partial charge in [-0.2, -0.15) is 0 Å². The molecule has 1 aromatic rings. The average Bonchev–Trinajstić information content (AvgIpc) is 2.45. The van der Waals surface area contributed by atoms with Gasteiger partial charge in [0.1, 0.15) is 5.82 Å². The fraction of sp³-hybridized carbons (Fsp3) is 0.643. The fourth-order valence-electron chi connectivity index (χ4n) is 2.31. The van der Waals surface area contributed by atoms with Crippen molar-refractivity contribution in [2.24, 2.45) is 0 Å². The number of hydrogen-bond donors (Lipinski definition) is 1. The van der Waals surface area contributed by atoms with E-state index in [1.807, 2.05) is 6.20 Å². The highest BCUT2D eigenvalue weighted by atomic mass is 15.3. The standard InChI is InChI=1S/C14H24N4/c1-3-15-12-13-5-6-16-14(11-13)18-9-7-17(4-2)8-10-18/h5-6,11,15H,3-4,7-10,12H2,1-2H3. The fourth-order valence-corrected chi connectivity index (χ4v) is 2.31. The summed E-state index contributed by atoms with van der Waals surface area (Å²) in [6, 6.07) is 4.30. The van der Waals surface area contributed by atoms with Gasteiger partial charge in [0.05, 0.1) is 0 Å². The van der Waals surface area contributed by atoms with Crippen molar-refractivity contribution in [3.8, 4) is 0 Å². The molecule has 4 nitrogen and oxygen atoms in total. The molecule has 18 heavy (non-hydrogen) atoms. The van der Waals surface area contributed by atoms with Crippen molar-refractivity contribution in [2.45, 2.75) is 20.4 Å². The Morgan fingerprint density at radius 2 is 2.00 bits per heavy atom. The summed E-state index contributed by atoms with van der Waals surface area (Å²) >= 11 is 0. The highest BCUT2D eigenvalue weighted by Gasteiger charge is 2.16. The minimum Gasteiger partial charge on any atom is -0.354 e. The third kappa shape index (κ3) is 3.43. The summed E-state index contributed by atoms with van der Waals surface area (Å²) < 4.78 is 0. The molecule has 1 aliphatic heterocycles. The Morgan fingerprint density at radius 3 is 2.67 bits per heavy atom. The van der Waals surface area contributed by atoms with E-state index in [9.17, 15) is 0 Å². The summed E-state index contributed by atoms with van der Waals surface area (Å²) in [5.41, 5.74) is 1.32. The van der Waals surface area contributed by atoms with Gasteiger partial charge in [0.25, 0.3) is 0 Å². The van der Waals surface area contributed by atoms with Crippen LogP contribution in [0.25, 0.3) is 0 Å². The summed E-state index contributed by atoms with van der Waals surface area (Å²) in [7, 11) is 0. The Hall–Kier alpha value is -1.13. The van der Waals surface area contributed by atoms with Gasteiger partial charge in [-0.3, -0.25) is 0 Å². The van der Waals surface area contributed by atoms with Crippen LogP contribution in [0.5, 0.6) is 0 Å². The van der Waals surface area contributed by atoms with Crippen LogP contribution < -0.4 is 10.2 Å². The zero-order chi connectivity index (χ0) is 12.8. The smallest absolute Gasteiger partial charge is 0.128 e. The second-order valence-electron chi connectivity index (χ2n) is 4.72. The molecular weight excluding hydrogens is 224 g/mol. The monoisotopic (exact) mass is 248 g/mol. The number of nitrogens with one attached hydrogen (secondary N) is 1. The maximum Gasteiger partial charge on any atom is 0.128 e. The van der Waals surface area contributed by atoms with Crippen molar-refractivity contribution in [1.29, 1.82) is 0 Å². The zero-order valence-electron chi connectivity index (χ0n) is 11.5. The molecule has 2 heterocycles. The van der Waals surface area contributed by atoms with Gasteiger partial charge in [0.2, 0.25) is 0 Å². The van der Waals surface area contributed by atoms with Crippen LogP contribution in [-0.2, 0) is 6.54 Å². The molecule has 100 valence electrons. The van der Waals surface area contributed by atoms with Gasteiger partial charge in [0.15, 0.2) is 0 Å². The minimum atomic E-state index is 0.931. The second-order valence-corrected chi connectivity index (χ2v) is 4.72. The van der Waals surface area contributed by atoms with Crippen molar-refractivity contribution < 1.29 is 0 Å². The topological polar surface area (TPSA) is 31.4 Å². The summed E-state index contributed by atoms with van der Waals surface area (Å²) in [4.78, 5) is 9.38. The first kappa shape index (κ1) is 13.3. The predicted molar refractivity (Wildman–Crippen MR) is 75.9 cm³/mol. The van der Waals surface area contributed by atoms with Crippen LogP contribution in [0.2, 0.25) is 0 Å². The summed E-state index contributed by atoms with van der Waals surface area (Å²) in [5.74, 6) is 1.13. The molecule has 0 radical (unpaired) electrons. The van der Waals surface area contributed by atoms with Crippen molar-refractivity contribution in [2.75, 3.05) is 44.2 Å². The highest BCUT2D eigenvalue weighted by Crippen LogP contribution is 2.15. The minimum absolute atomic E-state index is 0.931. The second kappa shape index (κ2) is 6.71. The van der Waals surface area contributed by atoms with Crippen molar-refractivity contribution >= 4 is 5.82 Å². The molecular formula is C14H24N4. The lowest BCUT2D eigenvalue weighted by molar-refractivity contribution is 0.270. The predicted octanol–water partition coefficient (Wildman–Crippen LogP) is 1.33. The number of rotatable bonds is 5. The molecule has 0 spiro atoms. The first-order valence-electron chi connectivity index (χ1n) is 6.96. The molecule has 1 fully saturated rings. The van der Waals surface area contributed by atoms with Crippen LogP contribution in [0.4, 0.5) is 5.82 Å². The van der Waals surface area contributed by atoms with Gasteiger partial charge in [-0.25, -0.2) is 4.98 Å². The molecule has 0 aromatic carbocycles. The van der Waals surface area contributed by atoms with Crippen molar-refractivity contribution in [3.05, 3.63) is 23.9 Å². The molecule has 0 amide bonds. The van der Waals surface area contributed by atoms with Crippen LogP contribution in [0, 0.1) is 0 Å².